The lowest BCUT2D eigenvalue weighted by molar-refractivity contribution is -0.142. The van der Waals surface area contributed by atoms with Gasteiger partial charge in [-0.1, -0.05) is 0 Å². The SMILES string of the molecule is COC(=O)COc1ccc(Nc2nc(N)n(C(=O)c3ccc(OC(C)C)cc3)n2)cc1. The first-order valence-electron chi connectivity index (χ1n) is 9.46. The van der Waals surface area contributed by atoms with Gasteiger partial charge in [-0.15, -0.1) is 5.10 Å². The number of ether oxygens (including phenoxy) is 3. The van der Waals surface area contributed by atoms with Gasteiger partial charge in [0, 0.05) is 11.3 Å². The van der Waals surface area contributed by atoms with Crippen LogP contribution in [0.1, 0.15) is 24.2 Å². The molecule has 162 valence electrons. The van der Waals surface area contributed by atoms with E-state index in [0.29, 0.717) is 22.7 Å². The van der Waals surface area contributed by atoms with Crippen molar-refractivity contribution in [1.29, 1.82) is 0 Å². The normalized spacial score (nSPS) is 10.6. The molecular formula is C21H23N5O5. The van der Waals surface area contributed by atoms with Crippen LogP contribution in [0.25, 0.3) is 0 Å². The molecule has 10 heteroatoms. The van der Waals surface area contributed by atoms with E-state index >= 15 is 0 Å². The van der Waals surface area contributed by atoms with E-state index in [2.05, 4.69) is 20.1 Å². The zero-order valence-corrected chi connectivity index (χ0v) is 17.4. The van der Waals surface area contributed by atoms with Crippen molar-refractivity contribution in [3.05, 3.63) is 54.1 Å². The number of nitrogen functional groups attached to an aromatic ring is 1. The molecule has 0 aliphatic carbocycles. The highest BCUT2D eigenvalue weighted by Crippen LogP contribution is 2.20. The van der Waals surface area contributed by atoms with Crippen LogP contribution in [0.15, 0.2) is 48.5 Å². The van der Waals surface area contributed by atoms with Gasteiger partial charge in [0.15, 0.2) is 6.61 Å². The molecule has 0 saturated heterocycles. The van der Waals surface area contributed by atoms with Gasteiger partial charge in [-0.05, 0) is 62.4 Å². The van der Waals surface area contributed by atoms with Crippen molar-refractivity contribution in [2.45, 2.75) is 20.0 Å². The Morgan fingerprint density at radius 3 is 2.32 bits per heavy atom. The summed E-state index contributed by atoms with van der Waals surface area (Å²) in [5.74, 6) is 0.384. The van der Waals surface area contributed by atoms with Crippen molar-refractivity contribution in [1.82, 2.24) is 14.8 Å². The second-order valence-corrected chi connectivity index (χ2v) is 6.72. The zero-order valence-electron chi connectivity index (χ0n) is 17.4. The van der Waals surface area contributed by atoms with Crippen LogP contribution in [0, 0.1) is 0 Å². The highest BCUT2D eigenvalue weighted by Gasteiger charge is 2.16. The summed E-state index contributed by atoms with van der Waals surface area (Å²) in [4.78, 5) is 27.9. The molecule has 0 fully saturated rings. The first-order valence-corrected chi connectivity index (χ1v) is 9.46. The monoisotopic (exact) mass is 425 g/mol. The molecule has 0 atom stereocenters. The third-order valence-corrected chi connectivity index (χ3v) is 3.99. The number of nitrogens with zero attached hydrogens (tertiary/aromatic N) is 3. The smallest absolute Gasteiger partial charge is 0.343 e. The van der Waals surface area contributed by atoms with Crippen molar-refractivity contribution in [3.63, 3.8) is 0 Å². The van der Waals surface area contributed by atoms with E-state index in [9.17, 15) is 9.59 Å². The van der Waals surface area contributed by atoms with Gasteiger partial charge in [0.25, 0.3) is 5.91 Å². The first-order chi connectivity index (χ1) is 14.9. The van der Waals surface area contributed by atoms with E-state index in [1.165, 1.54) is 7.11 Å². The maximum Gasteiger partial charge on any atom is 0.343 e. The first kappa shape index (κ1) is 21.6. The van der Waals surface area contributed by atoms with Crippen LogP contribution in [0.4, 0.5) is 17.6 Å². The number of anilines is 3. The predicted octanol–water partition coefficient (Wildman–Crippen LogP) is 2.63. The van der Waals surface area contributed by atoms with Crippen LogP contribution >= 0.6 is 0 Å². The summed E-state index contributed by atoms with van der Waals surface area (Å²) >= 11 is 0. The maximum absolute atomic E-state index is 12.7. The van der Waals surface area contributed by atoms with Crippen molar-refractivity contribution in [3.8, 4) is 11.5 Å². The summed E-state index contributed by atoms with van der Waals surface area (Å²) in [6.45, 7) is 3.66. The number of methoxy groups -OCH3 is 1. The van der Waals surface area contributed by atoms with Crippen LogP contribution in [0.3, 0.4) is 0 Å². The lowest BCUT2D eigenvalue weighted by Crippen LogP contribution is -2.16. The Bertz CT molecular complexity index is 1050. The Morgan fingerprint density at radius 1 is 1.06 bits per heavy atom. The Kier molecular flexibility index (Phi) is 6.71. The summed E-state index contributed by atoms with van der Waals surface area (Å²) in [7, 11) is 1.29. The molecule has 0 radical (unpaired) electrons. The Morgan fingerprint density at radius 2 is 1.71 bits per heavy atom. The molecule has 1 heterocycles. The van der Waals surface area contributed by atoms with E-state index in [1.807, 2.05) is 13.8 Å². The summed E-state index contributed by atoms with van der Waals surface area (Å²) < 4.78 is 16.4. The van der Waals surface area contributed by atoms with E-state index in [-0.39, 0.29) is 24.6 Å². The molecule has 2 aromatic carbocycles. The fourth-order valence-electron chi connectivity index (χ4n) is 2.56. The third-order valence-electron chi connectivity index (χ3n) is 3.99. The molecule has 10 nitrogen and oxygen atoms in total. The molecular weight excluding hydrogens is 402 g/mol. The fraction of sp³-hybridized carbons (Fsp3) is 0.238. The molecule has 0 unspecified atom stereocenters. The molecule has 0 bridgehead atoms. The highest BCUT2D eigenvalue weighted by atomic mass is 16.6. The molecule has 0 amide bonds. The maximum atomic E-state index is 12.7. The number of hydrogen-bond acceptors (Lipinski definition) is 9. The van der Waals surface area contributed by atoms with E-state index in [0.717, 1.165) is 4.68 Å². The molecule has 0 aliphatic rings. The molecule has 3 aromatic rings. The minimum absolute atomic E-state index is 0.0367. The van der Waals surface area contributed by atoms with Crippen LogP contribution in [-0.2, 0) is 9.53 Å². The van der Waals surface area contributed by atoms with Crippen LogP contribution in [-0.4, -0.2) is 46.5 Å². The van der Waals surface area contributed by atoms with Crippen molar-refractivity contribution < 1.29 is 23.8 Å². The number of rotatable bonds is 8. The van der Waals surface area contributed by atoms with Gasteiger partial charge < -0.3 is 25.3 Å². The largest absolute Gasteiger partial charge is 0.491 e. The Balaban J connectivity index is 1.66. The molecule has 3 N–H and O–H groups in total. The van der Waals surface area contributed by atoms with E-state index < -0.39 is 11.9 Å². The summed E-state index contributed by atoms with van der Waals surface area (Å²) in [6, 6.07) is 13.4. The van der Waals surface area contributed by atoms with Crippen molar-refractivity contribution >= 4 is 29.5 Å². The number of nitrogens with one attached hydrogen (secondary N) is 1. The van der Waals surface area contributed by atoms with Gasteiger partial charge >= 0.3 is 5.97 Å². The minimum atomic E-state index is -0.473. The van der Waals surface area contributed by atoms with Crippen molar-refractivity contribution in [2.24, 2.45) is 0 Å². The standard InChI is InChI=1S/C21H23N5O5/c1-13(2)31-17-8-4-14(5-9-17)19(28)26-20(22)24-21(25-26)23-15-6-10-16(11-7-15)30-12-18(27)29-3/h4-11,13H,12H2,1-3H3,(H3,22,23,24,25). The second-order valence-electron chi connectivity index (χ2n) is 6.72. The lowest BCUT2D eigenvalue weighted by Gasteiger charge is -2.09. The Hall–Kier alpha value is -4.08. The molecule has 31 heavy (non-hydrogen) atoms. The number of aromatic nitrogens is 3. The molecule has 1 aromatic heterocycles. The number of benzene rings is 2. The van der Waals surface area contributed by atoms with Crippen LogP contribution in [0.5, 0.6) is 11.5 Å². The zero-order chi connectivity index (χ0) is 22.4. The average Bonchev–Trinajstić information content (AvgIpc) is 3.12. The summed E-state index contributed by atoms with van der Waals surface area (Å²) in [6.07, 6.45) is 0.0367. The van der Waals surface area contributed by atoms with E-state index in [1.54, 1.807) is 48.5 Å². The molecule has 0 spiro atoms. The number of hydrogen-bond donors (Lipinski definition) is 2. The lowest BCUT2D eigenvalue weighted by atomic mass is 10.2. The third kappa shape index (κ3) is 5.72. The average molecular weight is 425 g/mol. The fourth-order valence-corrected chi connectivity index (χ4v) is 2.56. The highest BCUT2D eigenvalue weighted by molar-refractivity contribution is 5.97. The number of esters is 1. The number of carbonyl (C=O) groups excluding carboxylic acids is 2. The quantitative estimate of drug-likeness (QED) is 0.523. The number of nitrogens with two attached hydrogens (primary N) is 1. The van der Waals surface area contributed by atoms with Gasteiger partial charge in [0.2, 0.25) is 11.9 Å². The van der Waals surface area contributed by atoms with E-state index in [4.69, 9.17) is 15.2 Å². The Labute approximate surface area is 178 Å². The predicted molar refractivity (Wildman–Crippen MR) is 114 cm³/mol. The number of carbonyl (C=O) groups is 2. The molecule has 3 rings (SSSR count). The van der Waals surface area contributed by atoms with Gasteiger partial charge in [0.05, 0.1) is 13.2 Å². The van der Waals surface area contributed by atoms with Gasteiger partial charge in [-0.25, -0.2) is 4.79 Å². The second kappa shape index (κ2) is 9.61. The van der Waals surface area contributed by atoms with Crippen LogP contribution < -0.4 is 20.5 Å². The van der Waals surface area contributed by atoms with Gasteiger partial charge in [-0.3, -0.25) is 4.79 Å². The summed E-state index contributed by atoms with van der Waals surface area (Å²) in [5.41, 5.74) is 6.91. The minimum Gasteiger partial charge on any atom is -0.491 e. The van der Waals surface area contributed by atoms with Crippen LogP contribution in [0.2, 0.25) is 0 Å². The summed E-state index contributed by atoms with van der Waals surface area (Å²) in [5, 5.41) is 7.10. The van der Waals surface area contributed by atoms with Gasteiger partial charge in [-0.2, -0.15) is 9.67 Å². The van der Waals surface area contributed by atoms with Crippen molar-refractivity contribution in [2.75, 3.05) is 24.8 Å². The topological polar surface area (TPSA) is 131 Å². The molecule has 0 saturated carbocycles. The molecule has 0 aliphatic heterocycles. The van der Waals surface area contributed by atoms with Gasteiger partial charge in [0.1, 0.15) is 11.5 Å².